The predicted octanol–water partition coefficient (Wildman–Crippen LogP) is 4.67. The molecule has 0 saturated carbocycles. The molecule has 31 heavy (non-hydrogen) atoms. The number of halogens is 1. The first-order valence-corrected chi connectivity index (χ1v) is 10.7. The van der Waals surface area contributed by atoms with Crippen LogP contribution in [0.25, 0.3) is 22.7 Å². The van der Waals surface area contributed by atoms with Crippen molar-refractivity contribution < 1.29 is 9.18 Å². The van der Waals surface area contributed by atoms with Crippen LogP contribution in [0.3, 0.4) is 0 Å². The molecule has 0 spiro atoms. The van der Waals surface area contributed by atoms with Crippen molar-refractivity contribution in [3.8, 4) is 5.69 Å². The Morgan fingerprint density at radius 2 is 2.06 bits per heavy atom. The molecule has 0 bridgehead atoms. The smallest absolute Gasteiger partial charge is 0.256 e. The van der Waals surface area contributed by atoms with Crippen LogP contribution >= 0.6 is 0 Å². The van der Waals surface area contributed by atoms with E-state index in [0.29, 0.717) is 11.3 Å². The number of hydrogen-bond acceptors (Lipinski definition) is 3. The lowest BCUT2D eigenvalue weighted by Crippen LogP contribution is -2.33. The molecule has 1 aromatic carbocycles. The zero-order chi connectivity index (χ0) is 22.3. The van der Waals surface area contributed by atoms with Crippen molar-refractivity contribution >= 4 is 22.9 Å². The topological polar surface area (TPSA) is 41.4 Å². The van der Waals surface area contributed by atoms with Crippen LogP contribution in [0.15, 0.2) is 42.4 Å². The van der Waals surface area contributed by atoms with Crippen LogP contribution in [-0.4, -0.2) is 58.5 Å². The monoisotopic (exact) mass is 420 g/mol. The van der Waals surface area contributed by atoms with E-state index in [1.165, 1.54) is 17.7 Å². The molecule has 1 saturated heterocycles. The lowest BCUT2D eigenvalue weighted by molar-refractivity contribution is 0.0754. The van der Waals surface area contributed by atoms with E-state index in [1.807, 2.05) is 43.9 Å². The van der Waals surface area contributed by atoms with Gasteiger partial charge >= 0.3 is 0 Å². The molecule has 6 heteroatoms. The molecule has 1 amide bonds. The van der Waals surface area contributed by atoms with Crippen LogP contribution in [0.4, 0.5) is 4.39 Å². The number of hydrogen-bond donors (Lipinski definition) is 0. The standard InChI is InChI=1S/C25H29FN4O/c1-16(2)29(5)25(31)21-11-20(26)6-7-22(21)30-15-19(10-18-8-9-28(4)14-18)24-17(3)12-27-13-23(24)30/h6-7,10-13,15-16H,8-9,14H2,1-5H3/b18-10-. The number of likely N-dealkylation sites (N-methyl/N-ethyl adjacent to an activating group) is 1. The number of pyridine rings is 1. The van der Waals surface area contributed by atoms with E-state index < -0.39 is 5.82 Å². The third-order valence-corrected chi connectivity index (χ3v) is 6.12. The van der Waals surface area contributed by atoms with E-state index in [-0.39, 0.29) is 11.9 Å². The number of fused-ring (bicyclic) bond motifs is 1. The Kier molecular flexibility index (Phi) is 5.67. The molecule has 0 N–H and O–H groups in total. The molecule has 2 aromatic heterocycles. The van der Waals surface area contributed by atoms with Crippen LogP contribution in [0, 0.1) is 12.7 Å². The molecular formula is C25H29FN4O. The summed E-state index contributed by atoms with van der Waals surface area (Å²) >= 11 is 0. The van der Waals surface area contributed by atoms with Gasteiger partial charge in [-0.15, -0.1) is 0 Å². The second-order valence-electron chi connectivity index (χ2n) is 8.77. The largest absolute Gasteiger partial charge is 0.339 e. The minimum absolute atomic E-state index is 0.00795. The molecule has 3 heterocycles. The average Bonchev–Trinajstić information content (AvgIpc) is 3.31. The summed E-state index contributed by atoms with van der Waals surface area (Å²) in [5, 5.41) is 1.11. The van der Waals surface area contributed by atoms with Crippen LogP contribution in [0.5, 0.6) is 0 Å². The number of rotatable bonds is 4. The summed E-state index contributed by atoms with van der Waals surface area (Å²) in [4.78, 5) is 21.5. The Labute approximate surface area is 182 Å². The van der Waals surface area contributed by atoms with Crippen molar-refractivity contribution in [3.05, 3.63) is 64.9 Å². The lowest BCUT2D eigenvalue weighted by atomic mass is 10.1. The van der Waals surface area contributed by atoms with Gasteiger partial charge in [-0.3, -0.25) is 9.78 Å². The van der Waals surface area contributed by atoms with Crippen LogP contribution in [0.1, 0.15) is 41.8 Å². The molecular weight excluding hydrogens is 391 g/mol. The van der Waals surface area contributed by atoms with Crippen molar-refractivity contribution in [2.45, 2.75) is 33.2 Å². The van der Waals surface area contributed by atoms with Crippen LogP contribution in [-0.2, 0) is 0 Å². The summed E-state index contributed by atoms with van der Waals surface area (Å²) in [5.41, 5.74) is 5.46. The number of aryl methyl sites for hydroxylation is 1. The maximum absolute atomic E-state index is 14.2. The Hall–Kier alpha value is -2.99. The number of amides is 1. The molecule has 5 nitrogen and oxygen atoms in total. The van der Waals surface area contributed by atoms with E-state index in [0.717, 1.165) is 41.5 Å². The highest BCUT2D eigenvalue weighted by Crippen LogP contribution is 2.31. The number of likely N-dealkylation sites (tertiary alicyclic amines) is 1. The van der Waals surface area contributed by atoms with Crippen molar-refractivity contribution in [3.63, 3.8) is 0 Å². The SMILES string of the molecule is Cc1cncc2c1c(/C=C1/CCN(C)C1)cn2-c1ccc(F)cc1C(=O)N(C)C(C)C. The highest BCUT2D eigenvalue weighted by Gasteiger charge is 2.22. The van der Waals surface area contributed by atoms with Gasteiger partial charge in [0.05, 0.1) is 23.0 Å². The maximum atomic E-state index is 14.2. The third kappa shape index (κ3) is 4.00. The molecule has 162 valence electrons. The molecule has 1 aliphatic heterocycles. The van der Waals surface area contributed by atoms with Gasteiger partial charge in [0.2, 0.25) is 0 Å². The van der Waals surface area contributed by atoms with Crippen LogP contribution < -0.4 is 0 Å². The van der Waals surface area contributed by atoms with E-state index in [1.54, 1.807) is 18.0 Å². The Balaban J connectivity index is 1.92. The molecule has 0 radical (unpaired) electrons. The molecule has 3 aromatic rings. The molecule has 1 aliphatic rings. The van der Waals surface area contributed by atoms with E-state index in [9.17, 15) is 9.18 Å². The summed E-state index contributed by atoms with van der Waals surface area (Å²) in [6, 6.07) is 4.42. The van der Waals surface area contributed by atoms with Crippen molar-refractivity contribution in [2.75, 3.05) is 27.2 Å². The zero-order valence-electron chi connectivity index (χ0n) is 18.8. The first kappa shape index (κ1) is 21.2. The fourth-order valence-corrected chi connectivity index (χ4v) is 4.18. The first-order valence-electron chi connectivity index (χ1n) is 10.7. The Bertz CT molecular complexity index is 1180. The minimum atomic E-state index is -0.425. The average molecular weight is 421 g/mol. The number of nitrogens with zero attached hydrogens (tertiary/aromatic N) is 4. The van der Waals surface area contributed by atoms with Crippen molar-refractivity contribution in [1.82, 2.24) is 19.4 Å². The third-order valence-electron chi connectivity index (χ3n) is 6.12. The number of carbonyl (C=O) groups excluding carboxylic acids is 1. The van der Waals surface area contributed by atoms with Crippen molar-refractivity contribution in [1.29, 1.82) is 0 Å². The van der Waals surface area contributed by atoms with E-state index in [4.69, 9.17) is 0 Å². The van der Waals surface area contributed by atoms with Gasteiger partial charge in [-0.05, 0) is 58.0 Å². The minimum Gasteiger partial charge on any atom is -0.339 e. The van der Waals surface area contributed by atoms with Gasteiger partial charge in [-0.25, -0.2) is 4.39 Å². The van der Waals surface area contributed by atoms with Gasteiger partial charge < -0.3 is 14.4 Å². The summed E-state index contributed by atoms with van der Waals surface area (Å²) in [6.45, 7) is 7.95. The van der Waals surface area contributed by atoms with E-state index >= 15 is 0 Å². The summed E-state index contributed by atoms with van der Waals surface area (Å²) < 4.78 is 16.1. The Morgan fingerprint density at radius 3 is 2.74 bits per heavy atom. The first-order chi connectivity index (χ1) is 14.8. The highest BCUT2D eigenvalue weighted by atomic mass is 19.1. The number of carbonyl (C=O) groups is 1. The fourth-order valence-electron chi connectivity index (χ4n) is 4.18. The second kappa shape index (κ2) is 8.27. The second-order valence-corrected chi connectivity index (χ2v) is 8.77. The van der Waals surface area contributed by atoms with Gasteiger partial charge in [0, 0.05) is 49.5 Å². The van der Waals surface area contributed by atoms with Gasteiger partial charge in [-0.1, -0.05) is 11.6 Å². The molecule has 4 rings (SSSR count). The number of benzene rings is 1. The van der Waals surface area contributed by atoms with Gasteiger partial charge in [0.1, 0.15) is 5.82 Å². The highest BCUT2D eigenvalue weighted by molar-refractivity contribution is 6.00. The van der Waals surface area contributed by atoms with Gasteiger partial charge in [0.25, 0.3) is 5.91 Å². The van der Waals surface area contributed by atoms with Crippen LogP contribution in [0.2, 0.25) is 0 Å². The number of aromatic nitrogens is 2. The molecule has 0 aliphatic carbocycles. The summed E-state index contributed by atoms with van der Waals surface area (Å²) in [7, 11) is 3.87. The quantitative estimate of drug-likeness (QED) is 0.616. The zero-order valence-corrected chi connectivity index (χ0v) is 18.8. The molecule has 1 fully saturated rings. The van der Waals surface area contributed by atoms with Gasteiger partial charge in [0.15, 0.2) is 0 Å². The fraction of sp³-hybridized carbons (Fsp3) is 0.360. The van der Waals surface area contributed by atoms with Crippen molar-refractivity contribution in [2.24, 2.45) is 0 Å². The Morgan fingerprint density at radius 1 is 1.29 bits per heavy atom. The summed E-state index contributed by atoms with van der Waals surface area (Å²) in [5.74, 6) is -0.629. The molecule has 0 unspecified atom stereocenters. The van der Waals surface area contributed by atoms with Gasteiger partial charge in [-0.2, -0.15) is 0 Å². The maximum Gasteiger partial charge on any atom is 0.256 e. The lowest BCUT2D eigenvalue weighted by Gasteiger charge is -2.23. The summed E-state index contributed by atoms with van der Waals surface area (Å²) in [6.07, 6.45) is 9.02. The van der Waals surface area contributed by atoms with E-state index in [2.05, 4.69) is 23.0 Å². The molecule has 0 atom stereocenters. The predicted molar refractivity (Wildman–Crippen MR) is 123 cm³/mol. The normalized spacial score (nSPS) is 16.0.